The van der Waals surface area contributed by atoms with Gasteiger partial charge in [0.05, 0.1) is 71.8 Å². The lowest BCUT2D eigenvalue weighted by Gasteiger charge is -2.35. The molecule has 0 aliphatic heterocycles. The normalized spacial score (nSPS) is 12.2. The average Bonchev–Trinajstić information content (AvgIpc) is 3.24. The molecule has 0 heterocycles. The van der Waals surface area contributed by atoms with Crippen LogP contribution in [0.5, 0.6) is 5.75 Å². The lowest BCUT2D eigenvalue weighted by molar-refractivity contribution is -0.121. The van der Waals surface area contributed by atoms with Crippen molar-refractivity contribution in [3.8, 4) is 42.8 Å². The van der Waals surface area contributed by atoms with Crippen molar-refractivity contribution in [1.82, 2.24) is 21.3 Å². The molecule has 5 N–H and O–H groups in total. The summed E-state index contributed by atoms with van der Waals surface area (Å²) < 4.78 is 43.1. The number of ether oxygens (including phenoxy) is 7. The number of carbonyl (C=O) groups excluding carboxylic acids is 4. The maximum absolute atomic E-state index is 14.1. The van der Waals surface area contributed by atoms with Crippen LogP contribution in [0.25, 0.3) is 0 Å². The fraction of sp³-hybridized carbons (Fsp3) is 0.581. The summed E-state index contributed by atoms with van der Waals surface area (Å²) in [5.41, 5.74) is -1.11. The second-order valence-corrected chi connectivity index (χ2v) is 16.4. The van der Waals surface area contributed by atoms with Crippen molar-refractivity contribution in [3.63, 3.8) is 0 Å². The minimum atomic E-state index is -3.50. The van der Waals surface area contributed by atoms with E-state index in [1.165, 1.54) is 17.9 Å². The van der Waals surface area contributed by atoms with E-state index in [1.54, 1.807) is 26.0 Å². The number of amides is 4. The SMILES string of the molecule is C#CCOCCOCCNC(=O)CCC(CCC(=O)NCCOCCOCC#C)(CCC(=O)NCCOCCOCC#C)NC(=O)c1cccc(OP(O)(=S)/C=C(\C)OCC)c1. The average molecular weight is 907 g/mol. The van der Waals surface area contributed by atoms with Gasteiger partial charge in [0.2, 0.25) is 17.7 Å². The van der Waals surface area contributed by atoms with E-state index in [2.05, 4.69) is 39.0 Å². The quantitative estimate of drug-likeness (QED) is 0.0281. The van der Waals surface area contributed by atoms with Crippen LogP contribution in [-0.4, -0.2) is 140 Å². The zero-order valence-electron chi connectivity index (χ0n) is 35.9. The van der Waals surface area contributed by atoms with Gasteiger partial charge in [-0.15, -0.1) is 19.3 Å². The molecule has 4 amide bonds. The van der Waals surface area contributed by atoms with Gasteiger partial charge in [-0.05, 0) is 63.1 Å². The molecular formula is C43H63N4O13PS. The first-order valence-corrected chi connectivity index (χ1v) is 23.0. The van der Waals surface area contributed by atoms with Crippen LogP contribution in [0.4, 0.5) is 0 Å². The second-order valence-electron chi connectivity index (χ2n) is 13.2. The predicted octanol–water partition coefficient (Wildman–Crippen LogP) is 2.42. The summed E-state index contributed by atoms with van der Waals surface area (Å²) >= 11 is 5.30. The Labute approximate surface area is 371 Å². The van der Waals surface area contributed by atoms with Crippen molar-refractivity contribution in [2.24, 2.45) is 0 Å². The van der Waals surface area contributed by atoms with Gasteiger partial charge in [-0.25, -0.2) is 0 Å². The lowest BCUT2D eigenvalue weighted by Crippen LogP contribution is -2.50. The third kappa shape index (κ3) is 28.9. The molecule has 344 valence electrons. The summed E-state index contributed by atoms with van der Waals surface area (Å²) in [4.78, 5) is 64.4. The molecule has 0 saturated heterocycles. The van der Waals surface area contributed by atoms with Crippen LogP contribution in [0, 0.1) is 37.0 Å². The maximum Gasteiger partial charge on any atom is 0.262 e. The number of nitrogens with one attached hydrogen (secondary N) is 4. The number of terminal acetylenes is 3. The van der Waals surface area contributed by atoms with Crippen LogP contribution in [0.2, 0.25) is 0 Å². The molecule has 62 heavy (non-hydrogen) atoms. The first-order valence-electron chi connectivity index (χ1n) is 20.2. The molecule has 1 rings (SSSR count). The van der Waals surface area contributed by atoms with Crippen LogP contribution < -0.4 is 25.8 Å². The molecule has 1 atom stereocenters. The molecule has 17 nitrogen and oxygen atoms in total. The topological polar surface area (TPSA) is 210 Å². The monoisotopic (exact) mass is 906 g/mol. The molecule has 0 saturated carbocycles. The van der Waals surface area contributed by atoms with Crippen molar-refractivity contribution < 1.29 is 61.8 Å². The molecule has 1 unspecified atom stereocenters. The first-order chi connectivity index (χ1) is 29.9. The Balaban J connectivity index is 3.25. The fourth-order valence-electron chi connectivity index (χ4n) is 5.41. The summed E-state index contributed by atoms with van der Waals surface area (Å²) in [6.07, 6.45) is 15.5. The van der Waals surface area contributed by atoms with E-state index in [0.717, 1.165) is 0 Å². The molecule has 0 aromatic heterocycles. The molecule has 0 aliphatic carbocycles. The highest BCUT2D eigenvalue weighted by Gasteiger charge is 2.34. The van der Waals surface area contributed by atoms with Gasteiger partial charge in [-0.2, -0.15) is 0 Å². The van der Waals surface area contributed by atoms with Crippen molar-refractivity contribution in [3.05, 3.63) is 41.4 Å². The van der Waals surface area contributed by atoms with E-state index in [0.29, 0.717) is 52.0 Å². The van der Waals surface area contributed by atoms with Gasteiger partial charge in [0.15, 0.2) is 0 Å². The van der Waals surface area contributed by atoms with Crippen molar-refractivity contribution in [2.75, 3.05) is 106 Å². The molecule has 0 fully saturated rings. The zero-order valence-corrected chi connectivity index (χ0v) is 37.6. The highest BCUT2D eigenvalue weighted by atomic mass is 32.5. The number of carbonyl (C=O) groups is 4. The smallest absolute Gasteiger partial charge is 0.262 e. The van der Waals surface area contributed by atoms with Gasteiger partial charge in [0, 0.05) is 55.8 Å². The van der Waals surface area contributed by atoms with Crippen LogP contribution in [0.3, 0.4) is 0 Å². The molecule has 19 heteroatoms. The Morgan fingerprint density at radius 1 is 0.710 bits per heavy atom. The first kappa shape index (κ1) is 55.5. The van der Waals surface area contributed by atoms with Crippen molar-refractivity contribution in [1.29, 1.82) is 0 Å². The number of hydrogen-bond acceptors (Lipinski definition) is 13. The third-order valence-corrected chi connectivity index (χ3v) is 10.00. The van der Waals surface area contributed by atoms with Gasteiger partial charge in [0.25, 0.3) is 12.4 Å². The van der Waals surface area contributed by atoms with Gasteiger partial charge >= 0.3 is 0 Å². The Morgan fingerprint density at radius 2 is 1.13 bits per heavy atom. The van der Waals surface area contributed by atoms with Crippen LogP contribution >= 0.6 is 6.49 Å². The Morgan fingerprint density at radius 3 is 1.53 bits per heavy atom. The number of benzene rings is 1. The number of hydrogen-bond donors (Lipinski definition) is 5. The van der Waals surface area contributed by atoms with Crippen LogP contribution in [0.1, 0.15) is 62.7 Å². The van der Waals surface area contributed by atoms with E-state index < -0.39 is 17.9 Å². The van der Waals surface area contributed by atoms with Crippen molar-refractivity contribution >= 4 is 41.9 Å². The standard InChI is InChI=1S/C43H63N4O13PS/c1-6-22-53-28-31-56-25-19-44-39(48)13-16-43(17-14-40(49)45-20-26-57-32-29-54-23-7-2,18-15-41(50)46-21-27-58-33-30-55-24-8-3)47-42(51)37-11-10-12-38(34-37)60-61(52,62)35-36(5)59-9-4/h1-3,10-12,34-35H,9,13-33H2,4-5H3,(H,44,48)(H,45,49)(H,46,50)(H,47,51)(H,52,62)/b36-35+. The maximum atomic E-state index is 14.1. The van der Waals surface area contributed by atoms with E-state index in [9.17, 15) is 24.1 Å². The lowest BCUT2D eigenvalue weighted by atomic mass is 9.82. The molecule has 1 aromatic rings. The predicted molar refractivity (Wildman–Crippen MR) is 237 cm³/mol. The van der Waals surface area contributed by atoms with Gasteiger partial charge in [-0.1, -0.05) is 23.8 Å². The van der Waals surface area contributed by atoms with E-state index in [4.69, 9.17) is 68.8 Å². The van der Waals surface area contributed by atoms with Gasteiger partial charge < -0.3 is 63.8 Å². The molecule has 1 aromatic carbocycles. The van der Waals surface area contributed by atoms with E-state index in [1.807, 2.05) is 0 Å². The van der Waals surface area contributed by atoms with Crippen LogP contribution in [0.15, 0.2) is 35.8 Å². The highest BCUT2D eigenvalue weighted by molar-refractivity contribution is 8.11. The Kier molecular flexibility index (Phi) is 31.3. The van der Waals surface area contributed by atoms with Crippen molar-refractivity contribution in [2.45, 2.75) is 57.9 Å². The minimum absolute atomic E-state index is 0.0581. The molecule has 0 bridgehead atoms. The van der Waals surface area contributed by atoms with E-state index in [-0.39, 0.29) is 127 Å². The molecular weight excluding hydrogens is 844 g/mol. The molecule has 0 radical (unpaired) electrons. The Bertz CT molecular complexity index is 1580. The summed E-state index contributed by atoms with van der Waals surface area (Å²) in [5.74, 6) is 7.37. The number of rotatable bonds is 37. The van der Waals surface area contributed by atoms with Crippen LogP contribution in [-0.2, 0) is 59.3 Å². The number of allylic oxidation sites excluding steroid dienone is 1. The fourth-order valence-corrected chi connectivity index (χ4v) is 7.11. The largest absolute Gasteiger partial charge is 0.498 e. The van der Waals surface area contributed by atoms with Gasteiger partial charge in [0.1, 0.15) is 25.6 Å². The Hall–Kier alpha value is -4.51. The minimum Gasteiger partial charge on any atom is -0.498 e. The molecule has 0 aliphatic rings. The highest BCUT2D eigenvalue weighted by Crippen LogP contribution is 2.45. The summed E-state index contributed by atoms with van der Waals surface area (Å²) in [5, 5.41) is 11.5. The molecule has 0 spiro atoms. The van der Waals surface area contributed by atoms with Gasteiger partial charge in [-0.3, -0.25) is 19.2 Å². The summed E-state index contributed by atoms with van der Waals surface area (Å²) in [6, 6.07) is 6.05. The second kappa shape index (κ2) is 35.0. The summed E-state index contributed by atoms with van der Waals surface area (Å²) in [6.45, 7) is 3.88. The zero-order chi connectivity index (χ0) is 45.7. The third-order valence-electron chi connectivity index (χ3n) is 8.30. The summed E-state index contributed by atoms with van der Waals surface area (Å²) in [7, 11) is 0. The van der Waals surface area contributed by atoms with E-state index >= 15 is 0 Å².